The highest BCUT2D eigenvalue weighted by Crippen LogP contribution is 2.05. The number of primary amides is 1. The first-order valence-electron chi connectivity index (χ1n) is 5.38. The lowest BCUT2D eigenvalue weighted by molar-refractivity contribution is 0.1000. The molecule has 5 nitrogen and oxygen atoms in total. The number of anilines is 1. The number of rotatable bonds is 6. The summed E-state index contributed by atoms with van der Waals surface area (Å²) in [5, 5.41) is 3.11. The third kappa shape index (κ3) is 3.86. The van der Waals surface area contributed by atoms with Gasteiger partial charge in [-0.2, -0.15) is 0 Å². The molecule has 1 rings (SSSR count). The molecular formula is C11H18N4O. The van der Waals surface area contributed by atoms with Gasteiger partial charge in [-0.3, -0.25) is 4.79 Å². The second-order valence-electron chi connectivity index (χ2n) is 3.73. The lowest BCUT2D eigenvalue weighted by atomic mass is 10.2. The zero-order valence-corrected chi connectivity index (χ0v) is 9.44. The van der Waals surface area contributed by atoms with Crippen molar-refractivity contribution in [3.8, 4) is 0 Å². The number of hydrogen-bond acceptors (Lipinski definition) is 4. The van der Waals surface area contributed by atoms with Gasteiger partial charge in [0.05, 0.1) is 5.56 Å². The molecule has 0 aromatic carbocycles. The van der Waals surface area contributed by atoms with Crippen molar-refractivity contribution in [2.75, 3.05) is 11.9 Å². The van der Waals surface area contributed by atoms with E-state index in [1.54, 1.807) is 12.1 Å². The molecule has 0 bridgehead atoms. The highest BCUT2D eigenvalue weighted by atomic mass is 16.1. The highest BCUT2D eigenvalue weighted by molar-refractivity contribution is 5.92. The Morgan fingerprint density at radius 2 is 2.31 bits per heavy atom. The number of nitrogens with two attached hydrogens (primary N) is 2. The molecule has 0 fully saturated rings. The van der Waals surface area contributed by atoms with Crippen LogP contribution in [0.1, 0.15) is 30.1 Å². The lowest BCUT2D eigenvalue weighted by Crippen LogP contribution is -2.29. The highest BCUT2D eigenvalue weighted by Gasteiger charge is 2.03. The minimum atomic E-state index is -0.471. The van der Waals surface area contributed by atoms with Crippen molar-refractivity contribution >= 4 is 11.7 Å². The maximum absolute atomic E-state index is 10.8. The number of carbonyl (C=O) groups excluding carboxylic acids is 1. The number of amides is 1. The molecule has 1 amide bonds. The maximum Gasteiger partial charge on any atom is 0.250 e. The zero-order valence-electron chi connectivity index (χ0n) is 9.44. The average molecular weight is 222 g/mol. The Morgan fingerprint density at radius 3 is 2.81 bits per heavy atom. The molecule has 0 saturated heterocycles. The van der Waals surface area contributed by atoms with Crippen LogP contribution < -0.4 is 16.8 Å². The Hall–Kier alpha value is -1.62. The fourth-order valence-electron chi connectivity index (χ4n) is 1.35. The second kappa shape index (κ2) is 6.07. The quantitative estimate of drug-likeness (QED) is 0.661. The Morgan fingerprint density at radius 1 is 1.56 bits per heavy atom. The number of carbonyl (C=O) groups is 1. The van der Waals surface area contributed by atoms with E-state index >= 15 is 0 Å². The summed E-state index contributed by atoms with van der Waals surface area (Å²) >= 11 is 0. The predicted octanol–water partition coefficient (Wildman–Crippen LogP) is 0.720. The van der Waals surface area contributed by atoms with E-state index in [0.717, 1.165) is 12.8 Å². The van der Waals surface area contributed by atoms with E-state index in [0.29, 0.717) is 17.9 Å². The number of nitrogens with zero attached hydrogens (tertiary/aromatic N) is 1. The Balaban J connectivity index is 2.46. The molecule has 16 heavy (non-hydrogen) atoms. The number of nitrogens with one attached hydrogen (secondary N) is 1. The van der Waals surface area contributed by atoms with Crippen molar-refractivity contribution in [2.45, 2.75) is 25.8 Å². The van der Waals surface area contributed by atoms with Crippen LogP contribution in [0, 0.1) is 0 Å². The van der Waals surface area contributed by atoms with Crippen LogP contribution in [-0.4, -0.2) is 23.5 Å². The van der Waals surface area contributed by atoms with Gasteiger partial charge in [0.15, 0.2) is 0 Å². The first kappa shape index (κ1) is 12.4. The summed E-state index contributed by atoms with van der Waals surface area (Å²) in [6, 6.07) is 3.49. The molecule has 0 aliphatic carbocycles. The summed E-state index contributed by atoms with van der Waals surface area (Å²) in [5.74, 6) is 0.235. The minimum absolute atomic E-state index is 0.127. The number of pyridine rings is 1. The average Bonchev–Trinajstić information content (AvgIpc) is 2.27. The van der Waals surface area contributed by atoms with Gasteiger partial charge in [0, 0.05) is 18.8 Å². The van der Waals surface area contributed by atoms with Crippen LogP contribution in [0.15, 0.2) is 18.3 Å². The summed E-state index contributed by atoms with van der Waals surface area (Å²) in [6.07, 6.45) is 3.50. The third-order valence-corrected chi connectivity index (χ3v) is 2.25. The van der Waals surface area contributed by atoms with Crippen molar-refractivity contribution in [1.82, 2.24) is 4.98 Å². The summed E-state index contributed by atoms with van der Waals surface area (Å²) < 4.78 is 0. The van der Waals surface area contributed by atoms with E-state index in [1.807, 2.05) is 0 Å². The van der Waals surface area contributed by atoms with Crippen LogP contribution in [-0.2, 0) is 0 Å². The van der Waals surface area contributed by atoms with Crippen molar-refractivity contribution in [2.24, 2.45) is 11.5 Å². The molecule has 0 aliphatic rings. The largest absolute Gasteiger partial charge is 0.369 e. The molecule has 0 spiro atoms. The van der Waals surface area contributed by atoms with Gasteiger partial charge in [-0.25, -0.2) is 4.98 Å². The van der Waals surface area contributed by atoms with Crippen molar-refractivity contribution < 1.29 is 4.79 Å². The van der Waals surface area contributed by atoms with E-state index in [-0.39, 0.29) is 6.04 Å². The normalized spacial score (nSPS) is 12.1. The molecule has 0 radical (unpaired) electrons. The standard InChI is InChI=1S/C11H18N4O/c1-2-3-9(12)7-15-10-5-4-8(6-14-10)11(13)16/h4-6,9H,2-3,7,12H2,1H3,(H2,13,16)(H,14,15). The molecular weight excluding hydrogens is 204 g/mol. The fourth-order valence-corrected chi connectivity index (χ4v) is 1.35. The van der Waals surface area contributed by atoms with Crippen molar-refractivity contribution in [1.29, 1.82) is 0 Å². The van der Waals surface area contributed by atoms with Crippen LogP contribution in [0.4, 0.5) is 5.82 Å². The van der Waals surface area contributed by atoms with Gasteiger partial charge in [0.25, 0.3) is 0 Å². The summed E-state index contributed by atoms with van der Waals surface area (Å²) in [4.78, 5) is 14.9. The second-order valence-corrected chi connectivity index (χ2v) is 3.73. The van der Waals surface area contributed by atoms with Gasteiger partial charge in [0.2, 0.25) is 5.91 Å². The first-order valence-corrected chi connectivity index (χ1v) is 5.38. The molecule has 1 heterocycles. The summed E-state index contributed by atoms with van der Waals surface area (Å²) in [7, 11) is 0. The minimum Gasteiger partial charge on any atom is -0.369 e. The van der Waals surface area contributed by atoms with Gasteiger partial charge >= 0.3 is 0 Å². The topological polar surface area (TPSA) is 94.0 Å². The van der Waals surface area contributed by atoms with E-state index in [9.17, 15) is 4.79 Å². The van der Waals surface area contributed by atoms with Crippen LogP contribution in [0.2, 0.25) is 0 Å². The maximum atomic E-state index is 10.8. The zero-order chi connectivity index (χ0) is 12.0. The third-order valence-electron chi connectivity index (χ3n) is 2.25. The smallest absolute Gasteiger partial charge is 0.250 e. The molecule has 5 heteroatoms. The molecule has 0 aliphatic heterocycles. The van der Waals surface area contributed by atoms with E-state index < -0.39 is 5.91 Å². The molecule has 1 aromatic rings. The monoisotopic (exact) mass is 222 g/mol. The Kier molecular flexibility index (Phi) is 4.72. The van der Waals surface area contributed by atoms with Gasteiger partial charge < -0.3 is 16.8 Å². The van der Waals surface area contributed by atoms with Gasteiger partial charge in [-0.1, -0.05) is 13.3 Å². The molecule has 88 valence electrons. The van der Waals surface area contributed by atoms with Crippen LogP contribution >= 0.6 is 0 Å². The molecule has 5 N–H and O–H groups in total. The van der Waals surface area contributed by atoms with Gasteiger partial charge in [-0.05, 0) is 18.6 Å². The lowest BCUT2D eigenvalue weighted by Gasteiger charge is -2.11. The molecule has 1 atom stereocenters. The summed E-state index contributed by atoms with van der Waals surface area (Å²) in [6.45, 7) is 2.77. The Labute approximate surface area is 95.2 Å². The predicted molar refractivity (Wildman–Crippen MR) is 64.1 cm³/mol. The van der Waals surface area contributed by atoms with Crippen molar-refractivity contribution in [3.05, 3.63) is 23.9 Å². The van der Waals surface area contributed by atoms with Crippen LogP contribution in [0.25, 0.3) is 0 Å². The number of aromatic nitrogens is 1. The Bertz CT molecular complexity index is 336. The molecule has 0 saturated carbocycles. The van der Waals surface area contributed by atoms with E-state index in [2.05, 4.69) is 17.2 Å². The van der Waals surface area contributed by atoms with E-state index in [4.69, 9.17) is 11.5 Å². The van der Waals surface area contributed by atoms with Crippen molar-refractivity contribution in [3.63, 3.8) is 0 Å². The first-order chi connectivity index (χ1) is 7.63. The van der Waals surface area contributed by atoms with Crippen LogP contribution in [0.3, 0.4) is 0 Å². The van der Waals surface area contributed by atoms with Gasteiger partial charge in [0.1, 0.15) is 5.82 Å². The van der Waals surface area contributed by atoms with E-state index in [1.165, 1.54) is 6.20 Å². The van der Waals surface area contributed by atoms with Gasteiger partial charge in [-0.15, -0.1) is 0 Å². The molecule has 1 aromatic heterocycles. The van der Waals surface area contributed by atoms with Crippen LogP contribution in [0.5, 0.6) is 0 Å². The fraction of sp³-hybridized carbons (Fsp3) is 0.455. The molecule has 1 unspecified atom stereocenters. The SMILES string of the molecule is CCCC(N)CNc1ccc(C(N)=O)cn1. The number of hydrogen-bond donors (Lipinski definition) is 3. The summed E-state index contributed by atoms with van der Waals surface area (Å²) in [5.41, 5.74) is 11.4.